The Hall–Kier alpha value is 0.570. The normalized spacial score (nSPS) is 16.4. The second-order valence-corrected chi connectivity index (χ2v) is 8.20. The zero-order valence-electron chi connectivity index (χ0n) is 12.5. The van der Waals surface area contributed by atoms with E-state index in [1.54, 1.807) is 13.8 Å². The average molecular weight is 354 g/mol. The Bertz CT molecular complexity index is 336. The van der Waals surface area contributed by atoms with Gasteiger partial charge in [0.1, 0.15) is 13.2 Å². The van der Waals surface area contributed by atoms with Crippen molar-refractivity contribution in [3.05, 3.63) is 0 Å². The van der Waals surface area contributed by atoms with Gasteiger partial charge in [-0.3, -0.25) is 4.52 Å². The number of rotatable bonds is 10. The summed E-state index contributed by atoms with van der Waals surface area (Å²) in [5, 5.41) is 0. The molecule has 0 bridgehead atoms. The van der Waals surface area contributed by atoms with E-state index in [0.29, 0.717) is 17.4 Å². The Morgan fingerprint density at radius 1 is 1.25 bits per heavy atom. The lowest BCUT2D eigenvalue weighted by molar-refractivity contribution is -0.870. The molecule has 1 unspecified atom stereocenters. The van der Waals surface area contributed by atoms with Gasteiger partial charge in [0.25, 0.3) is 0 Å². The van der Waals surface area contributed by atoms with Crippen LogP contribution in [0.25, 0.3) is 0 Å². The molecule has 0 radical (unpaired) electrons. The van der Waals surface area contributed by atoms with Crippen LogP contribution in [0.1, 0.15) is 20.3 Å². The van der Waals surface area contributed by atoms with Gasteiger partial charge < -0.3 is 9.38 Å². The number of quaternary nitrogens is 1. The molecule has 0 spiro atoms. The van der Waals surface area contributed by atoms with Crippen molar-refractivity contribution in [1.82, 2.24) is 3.94 Å². The molecule has 0 aliphatic carbocycles. The molecule has 0 rings (SSSR count). The molecule has 0 aliphatic heterocycles. The quantitative estimate of drug-likeness (QED) is 0.162. The Labute approximate surface area is 130 Å². The highest BCUT2D eigenvalue weighted by atomic mass is 35.5. The Morgan fingerprint density at radius 3 is 2.25 bits per heavy atom. The summed E-state index contributed by atoms with van der Waals surface area (Å²) >= 11 is 11.2. The minimum Gasteiger partial charge on any atom is -0.329 e. The highest BCUT2D eigenvalue weighted by Gasteiger charge is 2.27. The van der Waals surface area contributed by atoms with Crippen molar-refractivity contribution in [2.24, 2.45) is 0 Å². The van der Waals surface area contributed by atoms with Gasteiger partial charge in [-0.1, -0.05) is 0 Å². The molecule has 0 saturated carbocycles. The van der Waals surface area contributed by atoms with Crippen LogP contribution in [0.5, 0.6) is 0 Å². The van der Waals surface area contributed by atoms with E-state index in [-0.39, 0.29) is 13.2 Å². The smallest absolute Gasteiger partial charge is 0.329 e. The number of phosphoric ester groups is 1. The van der Waals surface area contributed by atoms with Gasteiger partial charge in [0.2, 0.25) is 0 Å². The zero-order chi connectivity index (χ0) is 16.0. The van der Waals surface area contributed by atoms with Crippen LogP contribution in [0.2, 0.25) is 0 Å². The summed E-state index contributed by atoms with van der Waals surface area (Å²) in [6.45, 7) is 4.27. The van der Waals surface area contributed by atoms with Crippen molar-refractivity contribution < 1.29 is 28.0 Å². The first-order chi connectivity index (χ1) is 8.86. The minimum atomic E-state index is -4.20. The van der Waals surface area contributed by atoms with Gasteiger partial charge in [0.05, 0.1) is 27.7 Å². The van der Waals surface area contributed by atoms with Crippen LogP contribution in [0.4, 0.5) is 0 Å². The van der Waals surface area contributed by atoms with Gasteiger partial charge >= 0.3 is 7.82 Å². The fourth-order valence-electron chi connectivity index (χ4n) is 0.931. The van der Waals surface area contributed by atoms with Crippen molar-refractivity contribution in [2.75, 3.05) is 40.9 Å². The summed E-state index contributed by atoms with van der Waals surface area (Å²) in [5.74, 6) is 0. The highest BCUT2D eigenvalue weighted by molar-refractivity contribution is 7.47. The predicted octanol–water partition coefficient (Wildman–Crippen LogP) is 2.54. The molecule has 0 aromatic carbocycles. The second-order valence-electron chi connectivity index (χ2n) is 6.01. The van der Waals surface area contributed by atoms with Crippen molar-refractivity contribution >= 4 is 31.4 Å². The second kappa shape index (κ2) is 8.27. The van der Waals surface area contributed by atoms with E-state index in [1.807, 2.05) is 21.1 Å². The molecule has 0 aliphatic rings. The van der Waals surface area contributed by atoms with E-state index >= 15 is 0 Å². The third-order valence-electron chi connectivity index (χ3n) is 2.42. The fourth-order valence-corrected chi connectivity index (χ4v) is 1.66. The van der Waals surface area contributed by atoms with Crippen LogP contribution in [-0.2, 0) is 18.7 Å². The molecular formula is C10H24Cl2N2O5P+. The Balaban J connectivity index is 3.91. The maximum Gasteiger partial charge on any atom is 0.499 e. The molecule has 0 aromatic rings. The largest absolute Gasteiger partial charge is 0.499 e. The maximum absolute atomic E-state index is 11.5. The summed E-state index contributed by atoms with van der Waals surface area (Å²) in [6.07, 6.45) is 0.402. The molecule has 122 valence electrons. The van der Waals surface area contributed by atoms with Crippen LogP contribution in [-0.4, -0.2) is 59.8 Å². The average Bonchev–Trinajstić information content (AvgIpc) is 2.22. The van der Waals surface area contributed by atoms with E-state index in [0.717, 1.165) is 3.94 Å². The molecule has 20 heavy (non-hydrogen) atoms. The SMILES string of the molecule is CC(C)(CCOOP(=O)(O)OCC[N+](C)(C)C)N(Cl)Cl. The molecule has 0 fully saturated rings. The first-order valence-electron chi connectivity index (χ1n) is 6.06. The predicted molar refractivity (Wildman–Crippen MR) is 78.0 cm³/mol. The third-order valence-corrected chi connectivity index (χ3v) is 4.14. The van der Waals surface area contributed by atoms with Gasteiger partial charge in [-0.15, -0.1) is 8.61 Å². The van der Waals surface area contributed by atoms with Crippen molar-refractivity contribution in [3.63, 3.8) is 0 Å². The van der Waals surface area contributed by atoms with Crippen LogP contribution >= 0.6 is 31.4 Å². The third kappa shape index (κ3) is 10.3. The summed E-state index contributed by atoms with van der Waals surface area (Å²) < 4.78 is 22.2. The minimum absolute atomic E-state index is 0.0478. The number of hydrogen-bond donors (Lipinski definition) is 1. The lowest BCUT2D eigenvalue weighted by Crippen LogP contribution is -2.37. The summed E-state index contributed by atoms with van der Waals surface area (Å²) in [4.78, 5) is 14.0. The monoisotopic (exact) mass is 353 g/mol. The number of hydrogen-bond acceptors (Lipinski definition) is 5. The first-order valence-corrected chi connectivity index (χ1v) is 8.24. The molecular weight excluding hydrogens is 330 g/mol. The molecule has 0 saturated heterocycles. The molecule has 10 heteroatoms. The van der Waals surface area contributed by atoms with Gasteiger partial charge in [-0.05, 0) is 43.8 Å². The molecule has 0 aromatic heterocycles. The number of nitrogens with zero attached hydrogens (tertiary/aromatic N) is 2. The Kier molecular flexibility index (Phi) is 8.50. The highest BCUT2D eigenvalue weighted by Crippen LogP contribution is 2.43. The first kappa shape index (κ1) is 20.6. The number of likely N-dealkylation sites (N-methyl/N-ethyl adjacent to an activating group) is 1. The molecule has 0 amide bonds. The molecule has 1 atom stereocenters. The number of halogens is 2. The zero-order valence-corrected chi connectivity index (χ0v) is 14.9. The van der Waals surface area contributed by atoms with Gasteiger partial charge in [0.15, 0.2) is 0 Å². The van der Waals surface area contributed by atoms with Crippen LogP contribution in [0.15, 0.2) is 0 Å². The van der Waals surface area contributed by atoms with Crippen molar-refractivity contribution in [3.8, 4) is 0 Å². The van der Waals surface area contributed by atoms with E-state index in [9.17, 15) is 9.46 Å². The van der Waals surface area contributed by atoms with Gasteiger partial charge in [-0.25, -0.2) is 9.45 Å². The van der Waals surface area contributed by atoms with Crippen molar-refractivity contribution in [2.45, 2.75) is 25.8 Å². The molecule has 7 nitrogen and oxygen atoms in total. The van der Waals surface area contributed by atoms with Crippen LogP contribution < -0.4 is 0 Å². The summed E-state index contributed by atoms with van der Waals surface area (Å²) in [5.41, 5.74) is -0.545. The number of phosphoric acid groups is 1. The topological polar surface area (TPSA) is 68.2 Å². The Morgan fingerprint density at radius 2 is 1.80 bits per heavy atom. The van der Waals surface area contributed by atoms with E-state index < -0.39 is 13.4 Å². The standard InChI is InChI=1S/C10H23Cl2N2O5P/c1-10(2,13(11)12)6-8-17-19-20(15,16)18-9-7-14(3,4)5/h6-9H2,1-5H3/p+1. The van der Waals surface area contributed by atoms with Crippen LogP contribution in [0, 0.1) is 0 Å². The van der Waals surface area contributed by atoms with E-state index in [1.165, 1.54) is 0 Å². The maximum atomic E-state index is 11.5. The van der Waals surface area contributed by atoms with Gasteiger partial charge in [0, 0.05) is 5.54 Å². The lowest BCUT2D eigenvalue weighted by Gasteiger charge is -2.27. The lowest BCUT2D eigenvalue weighted by atomic mass is 10.0. The summed E-state index contributed by atoms with van der Waals surface area (Å²) in [6, 6.07) is 0. The fraction of sp³-hybridized carbons (Fsp3) is 1.00. The van der Waals surface area contributed by atoms with Gasteiger partial charge in [-0.2, -0.15) is 0 Å². The molecule has 1 N–H and O–H groups in total. The van der Waals surface area contributed by atoms with Crippen LogP contribution in [0.3, 0.4) is 0 Å². The van der Waals surface area contributed by atoms with E-state index in [4.69, 9.17) is 28.1 Å². The molecule has 0 heterocycles. The van der Waals surface area contributed by atoms with E-state index in [2.05, 4.69) is 9.56 Å². The summed E-state index contributed by atoms with van der Waals surface area (Å²) in [7, 11) is 1.62. The van der Waals surface area contributed by atoms with Crippen molar-refractivity contribution in [1.29, 1.82) is 0 Å².